The zero-order valence-electron chi connectivity index (χ0n) is 17.4. The van der Waals surface area contributed by atoms with Crippen molar-refractivity contribution in [2.24, 2.45) is 5.10 Å². The van der Waals surface area contributed by atoms with Crippen molar-refractivity contribution in [3.63, 3.8) is 0 Å². The number of anilines is 1. The first-order valence-electron chi connectivity index (χ1n) is 9.77. The predicted octanol–water partition coefficient (Wildman–Crippen LogP) is 4.16. The van der Waals surface area contributed by atoms with Gasteiger partial charge in [0.05, 0.1) is 27.8 Å². The zero-order chi connectivity index (χ0) is 23.4. The number of carbonyl (C=O) groups excluding carboxylic acids is 1. The molecule has 166 valence electrons. The molecule has 0 saturated heterocycles. The Morgan fingerprint density at radius 2 is 1.67 bits per heavy atom. The number of nitrogens with one attached hydrogen (secondary N) is 2. The Labute approximate surface area is 195 Å². The van der Waals surface area contributed by atoms with Gasteiger partial charge >= 0.3 is 0 Å². The highest BCUT2D eigenvalue weighted by Crippen LogP contribution is 2.19. The van der Waals surface area contributed by atoms with Crippen molar-refractivity contribution >= 4 is 50.5 Å². The molecule has 0 aliphatic rings. The minimum atomic E-state index is -3.90. The van der Waals surface area contributed by atoms with Crippen molar-refractivity contribution in [3.05, 3.63) is 94.8 Å². The number of para-hydroxylation sites is 2. The number of fused-ring (bicyclic) bond motifs is 1. The van der Waals surface area contributed by atoms with Gasteiger partial charge in [0.1, 0.15) is 5.69 Å². The monoisotopic (exact) mass is 479 g/mol. The number of sulfonamides is 1. The summed E-state index contributed by atoms with van der Waals surface area (Å²) in [5.74, 6) is -0.568. The number of amides is 1. The molecule has 1 heterocycles. The molecular weight excluding hydrogens is 462 g/mol. The first kappa shape index (κ1) is 22.4. The fraction of sp³-hybridized carbons (Fsp3) is 0.0435. The molecule has 33 heavy (non-hydrogen) atoms. The summed E-state index contributed by atoms with van der Waals surface area (Å²) < 4.78 is 27.8. The molecule has 0 unspecified atom stereocenters. The largest absolute Gasteiger partial charge is 0.280 e. The van der Waals surface area contributed by atoms with Crippen LogP contribution in [0.1, 0.15) is 21.7 Å². The van der Waals surface area contributed by atoms with E-state index in [1.165, 1.54) is 30.5 Å². The van der Waals surface area contributed by atoms with Crippen LogP contribution in [0.3, 0.4) is 0 Å². The number of aryl methyl sites for hydroxylation is 1. The third-order valence-corrected chi connectivity index (χ3v) is 6.27. The number of benzene rings is 3. The molecule has 0 radical (unpaired) electrons. The lowest BCUT2D eigenvalue weighted by atomic mass is 10.2. The molecule has 3 aromatic carbocycles. The Morgan fingerprint density at radius 3 is 2.39 bits per heavy atom. The van der Waals surface area contributed by atoms with Gasteiger partial charge in [-0.25, -0.2) is 23.8 Å². The smallest absolute Gasteiger partial charge is 0.271 e. The molecule has 0 saturated carbocycles. The van der Waals surface area contributed by atoms with Crippen molar-refractivity contribution in [1.29, 1.82) is 0 Å². The van der Waals surface area contributed by atoms with Crippen LogP contribution in [0.15, 0.2) is 82.8 Å². The Morgan fingerprint density at radius 1 is 0.970 bits per heavy atom. The van der Waals surface area contributed by atoms with Crippen LogP contribution in [-0.2, 0) is 10.0 Å². The van der Waals surface area contributed by atoms with E-state index in [2.05, 4.69) is 25.2 Å². The summed E-state index contributed by atoms with van der Waals surface area (Å²) in [6.45, 7) is 1.80. The number of aromatic nitrogens is 2. The van der Waals surface area contributed by atoms with E-state index in [0.29, 0.717) is 27.6 Å². The number of hydrazone groups is 1. The van der Waals surface area contributed by atoms with Crippen LogP contribution in [0.5, 0.6) is 0 Å². The Hall–Kier alpha value is -3.82. The third-order valence-electron chi connectivity index (χ3n) is 4.64. The normalized spacial score (nSPS) is 11.6. The number of halogens is 1. The fourth-order valence-corrected chi connectivity index (χ4v) is 4.21. The van der Waals surface area contributed by atoms with Crippen molar-refractivity contribution in [1.82, 2.24) is 15.4 Å². The van der Waals surface area contributed by atoms with Gasteiger partial charge in [0.15, 0.2) is 0 Å². The molecule has 8 nitrogen and oxygen atoms in total. The van der Waals surface area contributed by atoms with Gasteiger partial charge in [0, 0.05) is 16.3 Å². The molecule has 0 bridgehead atoms. The van der Waals surface area contributed by atoms with Gasteiger partial charge in [-0.15, -0.1) is 0 Å². The molecule has 0 aliphatic heterocycles. The third kappa shape index (κ3) is 5.33. The van der Waals surface area contributed by atoms with Gasteiger partial charge in [-0.05, 0) is 61.5 Å². The first-order chi connectivity index (χ1) is 15.8. The van der Waals surface area contributed by atoms with E-state index in [1.807, 2.05) is 24.3 Å². The standard InChI is InChI=1S/C23H18ClN5O3S/c1-15-22(27-21-8-3-2-7-20(21)26-15)14-25-28-23(30)16-5-4-6-19(13-16)33(31,32)29-18-11-9-17(24)10-12-18/h2-14,29H,1H3,(H,28,30)/b25-14+. The molecule has 0 aliphatic carbocycles. The molecule has 4 rings (SSSR count). The SMILES string of the molecule is Cc1nc2ccccc2nc1/C=N/NC(=O)c1cccc(S(=O)(=O)Nc2ccc(Cl)cc2)c1. The molecule has 2 N–H and O–H groups in total. The van der Waals surface area contributed by atoms with Crippen LogP contribution in [0.25, 0.3) is 11.0 Å². The maximum absolute atomic E-state index is 12.7. The summed E-state index contributed by atoms with van der Waals surface area (Å²) in [4.78, 5) is 21.4. The van der Waals surface area contributed by atoms with Gasteiger partial charge < -0.3 is 0 Å². The van der Waals surface area contributed by atoms with E-state index in [4.69, 9.17) is 11.6 Å². The number of hydrogen-bond acceptors (Lipinski definition) is 6. The summed E-state index contributed by atoms with van der Waals surface area (Å²) in [7, 11) is -3.90. The summed E-state index contributed by atoms with van der Waals surface area (Å²) in [5.41, 5.74) is 5.52. The lowest BCUT2D eigenvalue weighted by molar-refractivity contribution is 0.0955. The van der Waals surface area contributed by atoms with Crippen molar-refractivity contribution in [2.75, 3.05) is 4.72 Å². The zero-order valence-corrected chi connectivity index (χ0v) is 18.9. The van der Waals surface area contributed by atoms with E-state index >= 15 is 0 Å². The van der Waals surface area contributed by atoms with Gasteiger partial charge in [-0.3, -0.25) is 9.52 Å². The van der Waals surface area contributed by atoms with Gasteiger partial charge in [0.2, 0.25) is 0 Å². The summed E-state index contributed by atoms with van der Waals surface area (Å²) in [6.07, 6.45) is 1.40. The molecule has 4 aromatic rings. The van der Waals surface area contributed by atoms with E-state index in [9.17, 15) is 13.2 Å². The van der Waals surface area contributed by atoms with Crippen LogP contribution in [0.2, 0.25) is 5.02 Å². The molecule has 1 amide bonds. The fourth-order valence-electron chi connectivity index (χ4n) is 2.98. The highest BCUT2D eigenvalue weighted by molar-refractivity contribution is 7.92. The van der Waals surface area contributed by atoms with Gasteiger partial charge in [-0.1, -0.05) is 29.8 Å². The van der Waals surface area contributed by atoms with Gasteiger partial charge in [0.25, 0.3) is 15.9 Å². The minimum absolute atomic E-state index is 0.0645. The molecular formula is C23H18ClN5O3S. The number of carbonyl (C=O) groups is 1. The highest BCUT2D eigenvalue weighted by atomic mass is 35.5. The summed E-state index contributed by atoms with van der Waals surface area (Å²) in [6, 6.07) is 19.3. The van der Waals surface area contributed by atoms with Crippen LogP contribution < -0.4 is 10.1 Å². The average Bonchev–Trinajstić information content (AvgIpc) is 2.81. The summed E-state index contributed by atoms with van der Waals surface area (Å²) >= 11 is 5.83. The minimum Gasteiger partial charge on any atom is -0.280 e. The van der Waals surface area contributed by atoms with Crippen LogP contribution >= 0.6 is 11.6 Å². The predicted molar refractivity (Wildman–Crippen MR) is 128 cm³/mol. The lowest BCUT2D eigenvalue weighted by Gasteiger charge is -2.09. The molecule has 0 atom stereocenters. The number of nitrogens with zero attached hydrogens (tertiary/aromatic N) is 3. The van der Waals surface area contributed by atoms with Crippen molar-refractivity contribution < 1.29 is 13.2 Å². The molecule has 0 spiro atoms. The van der Waals surface area contributed by atoms with E-state index in [0.717, 1.165) is 5.52 Å². The second-order valence-electron chi connectivity index (χ2n) is 7.02. The Bertz CT molecular complexity index is 1470. The topological polar surface area (TPSA) is 113 Å². The number of hydrogen-bond donors (Lipinski definition) is 2. The van der Waals surface area contributed by atoms with E-state index in [-0.39, 0.29) is 10.5 Å². The second kappa shape index (κ2) is 9.35. The van der Waals surface area contributed by atoms with Crippen molar-refractivity contribution in [2.45, 2.75) is 11.8 Å². The summed E-state index contributed by atoms with van der Waals surface area (Å²) in [5, 5.41) is 4.44. The average molecular weight is 480 g/mol. The van der Waals surface area contributed by atoms with Crippen molar-refractivity contribution in [3.8, 4) is 0 Å². The quantitative estimate of drug-likeness (QED) is 0.318. The molecule has 10 heteroatoms. The maximum Gasteiger partial charge on any atom is 0.271 e. The van der Waals surface area contributed by atoms with Crippen LogP contribution in [-0.4, -0.2) is 30.5 Å². The molecule has 0 fully saturated rings. The van der Waals surface area contributed by atoms with Crippen LogP contribution in [0.4, 0.5) is 5.69 Å². The second-order valence-corrected chi connectivity index (χ2v) is 9.14. The van der Waals surface area contributed by atoms with E-state index < -0.39 is 15.9 Å². The Balaban J connectivity index is 1.48. The van der Waals surface area contributed by atoms with Gasteiger partial charge in [-0.2, -0.15) is 5.10 Å². The lowest BCUT2D eigenvalue weighted by Crippen LogP contribution is -2.19. The molecule has 1 aromatic heterocycles. The Kier molecular flexibility index (Phi) is 6.34. The number of rotatable bonds is 6. The van der Waals surface area contributed by atoms with Crippen LogP contribution in [0, 0.1) is 6.92 Å². The first-order valence-corrected chi connectivity index (χ1v) is 11.6. The highest BCUT2D eigenvalue weighted by Gasteiger charge is 2.16. The van der Waals surface area contributed by atoms with E-state index in [1.54, 1.807) is 31.2 Å². The maximum atomic E-state index is 12.7.